The molecule has 3 aromatic rings. The van der Waals surface area contributed by atoms with Crippen LogP contribution in [-0.2, 0) is 0 Å². The van der Waals surface area contributed by atoms with Gasteiger partial charge in [0.05, 0.1) is 12.1 Å². The summed E-state index contributed by atoms with van der Waals surface area (Å²) in [5.74, 6) is 0.973. The molecule has 0 fully saturated rings. The van der Waals surface area contributed by atoms with E-state index >= 15 is 0 Å². The number of fused-ring (bicyclic) bond motifs is 1. The minimum atomic E-state index is 0.163. The van der Waals surface area contributed by atoms with Crippen LogP contribution in [0.1, 0.15) is 43.1 Å². The highest BCUT2D eigenvalue weighted by Crippen LogP contribution is 2.27. The molecule has 20 heavy (non-hydrogen) atoms. The smallest absolute Gasteiger partial charge is 0.134 e. The second-order valence-corrected chi connectivity index (χ2v) is 5.83. The number of thiazole rings is 1. The Balaban J connectivity index is 1.79. The van der Waals surface area contributed by atoms with Gasteiger partial charge in [-0.25, -0.2) is 4.98 Å². The molecule has 0 amide bonds. The SMILES string of the molecule is CCC(NC(C)c1cc2ccccc2o1)c1nccs1. The van der Waals surface area contributed by atoms with Gasteiger partial charge in [-0.3, -0.25) is 5.32 Å². The first kappa shape index (κ1) is 13.3. The highest BCUT2D eigenvalue weighted by atomic mass is 32.1. The number of benzene rings is 1. The van der Waals surface area contributed by atoms with Gasteiger partial charge in [-0.05, 0) is 25.5 Å². The van der Waals surface area contributed by atoms with Gasteiger partial charge in [0.25, 0.3) is 0 Å². The quantitative estimate of drug-likeness (QED) is 0.739. The molecule has 1 N–H and O–H groups in total. The van der Waals surface area contributed by atoms with Crippen molar-refractivity contribution < 1.29 is 4.42 Å². The van der Waals surface area contributed by atoms with Crippen LogP contribution in [0, 0.1) is 0 Å². The van der Waals surface area contributed by atoms with Crippen molar-refractivity contribution in [2.75, 3.05) is 0 Å². The number of aromatic nitrogens is 1. The first-order chi connectivity index (χ1) is 9.78. The van der Waals surface area contributed by atoms with E-state index in [1.165, 1.54) is 0 Å². The van der Waals surface area contributed by atoms with Gasteiger partial charge in [0.2, 0.25) is 0 Å². The van der Waals surface area contributed by atoms with Crippen LogP contribution in [0.5, 0.6) is 0 Å². The molecule has 0 spiro atoms. The lowest BCUT2D eigenvalue weighted by Crippen LogP contribution is -2.23. The largest absolute Gasteiger partial charge is 0.459 e. The van der Waals surface area contributed by atoms with E-state index in [0.29, 0.717) is 0 Å². The summed E-state index contributed by atoms with van der Waals surface area (Å²) in [6.45, 7) is 4.30. The summed E-state index contributed by atoms with van der Waals surface area (Å²) >= 11 is 1.69. The minimum Gasteiger partial charge on any atom is -0.459 e. The second kappa shape index (κ2) is 5.77. The molecule has 0 bridgehead atoms. The molecule has 0 saturated heterocycles. The van der Waals surface area contributed by atoms with Crippen molar-refractivity contribution in [1.29, 1.82) is 0 Å². The zero-order valence-corrected chi connectivity index (χ0v) is 12.5. The summed E-state index contributed by atoms with van der Waals surface area (Å²) in [7, 11) is 0. The van der Waals surface area contributed by atoms with E-state index in [1.807, 2.05) is 29.8 Å². The number of nitrogens with one attached hydrogen (secondary N) is 1. The first-order valence-electron chi connectivity index (χ1n) is 6.92. The van der Waals surface area contributed by atoms with E-state index in [9.17, 15) is 0 Å². The molecule has 2 heterocycles. The highest BCUT2D eigenvalue weighted by molar-refractivity contribution is 7.09. The molecule has 3 nitrogen and oxygen atoms in total. The topological polar surface area (TPSA) is 38.1 Å². The van der Waals surface area contributed by atoms with Crippen molar-refractivity contribution >= 4 is 22.3 Å². The lowest BCUT2D eigenvalue weighted by Gasteiger charge is -2.19. The Kier molecular flexibility index (Phi) is 3.85. The van der Waals surface area contributed by atoms with E-state index < -0.39 is 0 Å². The van der Waals surface area contributed by atoms with Gasteiger partial charge in [-0.2, -0.15) is 0 Å². The van der Waals surface area contributed by atoms with Gasteiger partial charge in [0.1, 0.15) is 16.4 Å². The Labute approximate surface area is 122 Å². The summed E-state index contributed by atoms with van der Waals surface area (Å²) in [6.07, 6.45) is 2.87. The van der Waals surface area contributed by atoms with Crippen LogP contribution in [-0.4, -0.2) is 4.98 Å². The van der Waals surface area contributed by atoms with Crippen LogP contribution in [0.4, 0.5) is 0 Å². The monoisotopic (exact) mass is 286 g/mol. The summed E-state index contributed by atoms with van der Waals surface area (Å²) in [5, 5.41) is 7.91. The molecule has 1 aromatic carbocycles. The predicted molar refractivity (Wildman–Crippen MR) is 82.9 cm³/mol. The van der Waals surface area contributed by atoms with Gasteiger partial charge >= 0.3 is 0 Å². The van der Waals surface area contributed by atoms with E-state index in [2.05, 4.69) is 36.3 Å². The molecule has 0 aliphatic carbocycles. The maximum absolute atomic E-state index is 5.91. The second-order valence-electron chi connectivity index (χ2n) is 4.91. The fourth-order valence-corrected chi connectivity index (χ4v) is 3.15. The van der Waals surface area contributed by atoms with Crippen LogP contribution >= 0.6 is 11.3 Å². The van der Waals surface area contributed by atoms with Crippen LogP contribution in [0.15, 0.2) is 46.3 Å². The average Bonchev–Trinajstić information content (AvgIpc) is 3.13. The lowest BCUT2D eigenvalue weighted by atomic mass is 10.1. The fourth-order valence-electron chi connectivity index (χ4n) is 2.37. The third-order valence-corrected chi connectivity index (χ3v) is 4.37. The average molecular weight is 286 g/mol. The van der Waals surface area contributed by atoms with Crippen molar-refractivity contribution in [2.24, 2.45) is 0 Å². The molecule has 2 aromatic heterocycles. The third-order valence-electron chi connectivity index (χ3n) is 3.48. The molecule has 0 aliphatic rings. The van der Waals surface area contributed by atoms with Crippen LogP contribution < -0.4 is 5.32 Å². The molecule has 3 rings (SSSR count). The van der Waals surface area contributed by atoms with Crippen molar-refractivity contribution in [3.05, 3.63) is 52.7 Å². The summed E-state index contributed by atoms with van der Waals surface area (Å²) < 4.78 is 5.91. The summed E-state index contributed by atoms with van der Waals surface area (Å²) in [5.41, 5.74) is 0.943. The predicted octanol–water partition coefficient (Wildman–Crippen LogP) is 4.69. The Hall–Kier alpha value is -1.65. The Bertz CT molecular complexity index is 642. The maximum atomic E-state index is 5.91. The number of furan rings is 1. The fraction of sp³-hybridized carbons (Fsp3) is 0.312. The summed E-state index contributed by atoms with van der Waals surface area (Å²) in [6, 6.07) is 10.7. The Morgan fingerprint density at radius 2 is 2.20 bits per heavy atom. The molecule has 0 radical (unpaired) electrons. The molecule has 2 unspecified atom stereocenters. The highest BCUT2D eigenvalue weighted by Gasteiger charge is 2.18. The molecular weight excluding hydrogens is 268 g/mol. The van der Waals surface area contributed by atoms with E-state index in [0.717, 1.165) is 28.2 Å². The van der Waals surface area contributed by atoms with Crippen molar-refractivity contribution in [3.63, 3.8) is 0 Å². The zero-order chi connectivity index (χ0) is 13.9. The zero-order valence-electron chi connectivity index (χ0n) is 11.7. The lowest BCUT2D eigenvalue weighted by molar-refractivity contribution is 0.397. The summed E-state index contributed by atoms with van der Waals surface area (Å²) in [4.78, 5) is 4.40. The van der Waals surface area contributed by atoms with E-state index in [4.69, 9.17) is 4.42 Å². The van der Waals surface area contributed by atoms with Gasteiger partial charge in [-0.15, -0.1) is 11.3 Å². The van der Waals surface area contributed by atoms with E-state index in [-0.39, 0.29) is 12.1 Å². The van der Waals surface area contributed by atoms with E-state index in [1.54, 1.807) is 11.3 Å². The number of rotatable bonds is 5. The van der Waals surface area contributed by atoms with Gasteiger partial charge in [-0.1, -0.05) is 25.1 Å². The molecule has 0 saturated carbocycles. The van der Waals surface area contributed by atoms with Crippen LogP contribution in [0.25, 0.3) is 11.0 Å². The number of hydrogen-bond acceptors (Lipinski definition) is 4. The number of nitrogens with zero attached hydrogens (tertiary/aromatic N) is 1. The molecular formula is C16H18N2OS. The Morgan fingerprint density at radius 3 is 2.90 bits per heavy atom. The van der Waals surface area contributed by atoms with Crippen molar-refractivity contribution in [2.45, 2.75) is 32.4 Å². The molecule has 104 valence electrons. The standard InChI is InChI=1S/C16H18N2OS/c1-3-13(16-17-8-9-20-16)18-11(2)15-10-12-6-4-5-7-14(12)19-15/h4-11,13,18H,3H2,1-2H3. The molecule has 4 heteroatoms. The van der Waals surface area contributed by atoms with Gasteiger partial charge in [0.15, 0.2) is 0 Å². The molecule has 2 atom stereocenters. The maximum Gasteiger partial charge on any atom is 0.134 e. The van der Waals surface area contributed by atoms with Gasteiger partial charge in [0, 0.05) is 17.0 Å². The Morgan fingerprint density at radius 1 is 1.35 bits per heavy atom. The number of hydrogen-bond donors (Lipinski definition) is 1. The first-order valence-corrected chi connectivity index (χ1v) is 7.79. The normalized spacial score (nSPS) is 14.5. The number of para-hydroxylation sites is 1. The van der Waals surface area contributed by atoms with Crippen LogP contribution in [0.3, 0.4) is 0 Å². The third kappa shape index (κ3) is 2.62. The van der Waals surface area contributed by atoms with Crippen molar-refractivity contribution in [3.8, 4) is 0 Å². The van der Waals surface area contributed by atoms with Gasteiger partial charge < -0.3 is 4.42 Å². The van der Waals surface area contributed by atoms with Crippen molar-refractivity contribution in [1.82, 2.24) is 10.3 Å². The minimum absolute atomic E-state index is 0.163. The molecule has 0 aliphatic heterocycles. The van der Waals surface area contributed by atoms with Crippen LogP contribution in [0.2, 0.25) is 0 Å².